The lowest BCUT2D eigenvalue weighted by Gasteiger charge is -2.11. The maximum Gasteiger partial charge on any atom is 0.235 e. The van der Waals surface area contributed by atoms with E-state index in [0.29, 0.717) is 11.4 Å². The quantitative estimate of drug-likeness (QED) is 0.747. The molecule has 1 aromatic rings. The van der Waals surface area contributed by atoms with Crippen LogP contribution < -0.4 is 10.5 Å². The average molecular weight is 214 g/mol. The van der Waals surface area contributed by atoms with Crippen LogP contribution in [0.5, 0.6) is 0 Å². The number of nitrogen functional groups attached to an aromatic ring is 1. The standard InChI is InChI=1S/C9H14N2O2S/c1-7(2)14(12,13)11-9-6-4-3-5-8(9)10/h3-7,11H,10H2,1-2H3. The lowest BCUT2D eigenvalue weighted by molar-refractivity contribution is 0.593. The van der Waals surface area contributed by atoms with Crippen molar-refractivity contribution in [3.05, 3.63) is 24.3 Å². The zero-order valence-electron chi connectivity index (χ0n) is 8.19. The summed E-state index contributed by atoms with van der Waals surface area (Å²) in [5.74, 6) is 0. The number of nitrogens with two attached hydrogens (primary N) is 1. The first-order valence-corrected chi connectivity index (χ1v) is 5.84. The summed E-state index contributed by atoms with van der Waals surface area (Å²) in [7, 11) is -3.30. The van der Waals surface area contributed by atoms with Crippen molar-refractivity contribution in [3.63, 3.8) is 0 Å². The van der Waals surface area contributed by atoms with Gasteiger partial charge in [0.1, 0.15) is 0 Å². The second kappa shape index (κ2) is 3.88. The lowest BCUT2D eigenvalue weighted by Crippen LogP contribution is -2.22. The monoisotopic (exact) mass is 214 g/mol. The van der Waals surface area contributed by atoms with Gasteiger partial charge < -0.3 is 5.73 Å². The van der Waals surface area contributed by atoms with Gasteiger partial charge in [-0.3, -0.25) is 4.72 Å². The van der Waals surface area contributed by atoms with Gasteiger partial charge in [0.05, 0.1) is 16.6 Å². The van der Waals surface area contributed by atoms with Gasteiger partial charge in [0.15, 0.2) is 0 Å². The molecule has 0 amide bonds. The van der Waals surface area contributed by atoms with Gasteiger partial charge in [-0.15, -0.1) is 0 Å². The molecule has 0 aliphatic heterocycles. The van der Waals surface area contributed by atoms with Crippen molar-refractivity contribution in [1.29, 1.82) is 0 Å². The van der Waals surface area contributed by atoms with Crippen molar-refractivity contribution >= 4 is 21.4 Å². The molecule has 78 valence electrons. The van der Waals surface area contributed by atoms with E-state index >= 15 is 0 Å². The summed E-state index contributed by atoms with van der Waals surface area (Å²) in [6.07, 6.45) is 0. The minimum Gasteiger partial charge on any atom is -0.397 e. The molecule has 0 saturated carbocycles. The summed E-state index contributed by atoms with van der Waals surface area (Å²) < 4.78 is 25.4. The molecule has 0 unspecified atom stereocenters. The molecule has 0 bridgehead atoms. The molecule has 0 atom stereocenters. The molecule has 14 heavy (non-hydrogen) atoms. The van der Waals surface area contributed by atoms with Gasteiger partial charge in [-0.1, -0.05) is 12.1 Å². The highest BCUT2D eigenvalue weighted by molar-refractivity contribution is 7.93. The van der Waals surface area contributed by atoms with Gasteiger partial charge in [-0.05, 0) is 26.0 Å². The molecule has 1 rings (SSSR count). The fourth-order valence-corrected chi connectivity index (χ4v) is 1.59. The first-order chi connectivity index (χ1) is 6.43. The first kappa shape index (κ1) is 10.8. The van der Waals surface area contributed by atoms with E-state index in [0.717, 1.165) is 0 Å². The molecule has 0 heterocycles. The molecule has 0 radical (unpaired) electrons. The second-order valence-corrected chi connectivity index (χ2v) is 5.52. The van der Waals surface area contributed by atoms with Crippen LogP contribution in [0.3, 0.4) is 0 Å². The van der Waals surface area contributed by atoms with Crippen LogP contribution in [0.25, 0.3) is 0 Å². The van der Waals surface area contributed by atoms with Crippen molar-refractivity contribution < 1.29 is 8.42 Å². The van der Waals surface area contributed by atoms with E-state index in [1.54, 1.807) is 38.1 Å². The summed E-state index contributed by atoms with van der Waals surface area (Å²) in [5, 5.41) is -0.470. The Bertz CT molecular complexity index is 413. The van der Waals surface area contributed by atoms with E-state index in [2.05, 4.69) is 4.72 Å². The minimum absolute atomic E-state index is 0.428. The van der Waals surface area contributed by atoms with E-state index in [1.807, 2.05) is 0 Å². The molecule has 0 aliphatic carbocycles. The maximum absolute atomic E-state index is 11.5. The van der Waals surface area contributed by atoms with Crippen LogP contribution in [0.4, 0.5) is 11.4 Å². The number of nitrogens with one attached hydrogen (secondary N) is 1. The number of sulfonamides is 1. The summed E-state index contributed by atoms with van der Waals surface area (Å²) >= 11 is 0. The van der Waals surface area contributed by atoms with Crippen LogP contribution in [-0.4, -0.2) is 13.7 Å². The smallest absolute Gasteiger partial charge is 0.235 e. The van der Waals surface area contributed by atoms with Crippen LogP contribution >= 0.6 is 0 Å². The number of anilines is 2. The highest BCUT2D eigenvalue weighted by Gasteiger charge is 2.16. The Kier molecular flexibility index (Phi) is 3.00. The average Bonchev–Trinajstić information content (AvgIpc) is 2.08. The molecule has 3 N–H and O–H groups in total. The number of para-hydroxylation sites is 2. The molecular weight excluding hydrogens is 200 g/mol. The molecule has 5 heteroatoms. The third-order valence-electron chi connectivity index (χ3n) is 1.83. The lowest BCUT2D eigenvalue weighted by atomic mass is 10.3. The molecule has 0 saturated heterocycles. The van der Waals surface area contributed by atoms with Crippen LogP contribution in [0, 0.1) is 0 Å². The zero-order chi connectivity index (χ0) is 10.8. The Hall–Kier alpha value is -1.23. The minimum atomic E-state index is -3.30. The van der Waals surface area contributed by atoms with E-state index in [9.17, 15) is 8.42 Å². The van der Waals surface area contributed by atoms with E-state index in [-0.39, 0.29) is 0 Å². The fraction of sp³-hybridized carbons (Fsp3) is 0.333. The number of hydrogen-bond donors (Lipinski definition) is 2. The van der Waals surface area contributed by atoms with Gasteiger partial charge in [0.2, 0.25) is 10.0 Å². The summed E-state index contributed by atoms with van der Waals surface area (Å²) in [6, 6.07) is 6.77. The molecule has 0 aliphatic rings. The van der Waals surface area contributed by atoms with E-state index in [1.165, 1.54) is 0 Å². The molecular formula is C9H14N2O2S. The predicted molar refractivity (Wildman–Crippen MR) is 58.5 cm³/mol. The topological polar surface area (TPSA) is 72.2 Å². The van der Waals surface area contributed by atoms with E-state index in [4.69, 9.17) is 5.73 Å². The Labute approximate surface area is 84.2 Å². The summed E-state index contributed by atoms with van der Waals surface area (Å²) in [5.41, 5.74) is 6.46. The van der Waals surface area contributed by atoms with Crippen LogP contribution in [0.2, 0.25) is 0 Å². The maximum atomic E-state index is 11.5. The van der Waals surface area contributed by atoms with E-state index < -0.39 is 15.3 Å². The fourth-order valence-electron chi connectivity index (χ4n) is 0.861. The van der Waals surface area contributed by atoms with Crippen molar-refractivity contribution in [2.24, 2.45) is 0 Å². The third-order valence-corrected chi connectivity index (χ3v) is 3.58. The number of benzene rings is 1. The van der Waals surface area contributed by atoms with Crippen LogP contribution in [0.1, 0.15) is 13.8 Å². The number of hydrogen-bond acceptors (Lipinski definition) is 3. The normalized spacial score (nSPS) is 11.6. The van der Waals surface area contributed by atoms with Crippen molar-refractivity contribution in [1.82, 2.24) is 0 Å². The van der Waals surface area contributed by atoms with Crippen LogP contribution in [0.15, 0.2) is 24.3 Å². The Morgan fingerprint density at radius 1 is 1.29 bits per heavy atom. The van der Waals surface area contributed by atoms with Crippen molar-refractivity contribution in [2.75, 3.05) is 10.5 Å². The largest absolute Gasteiger partial charge is 0.397 e. The predicted octanol–water partition coefficient (Wildman–Crippen LogP) is 1.42. The Balaban J connectivity index is 2.96. The third kappa shape index (κ3) is 2.38. The summed E-state index contributed by atoms with van der Waals surface area (Å²) in [6.45, 7) is 3.23. The van der Waals surface area contributed by atoms with Gasteiger partial charge in [0.25, 0.3) is 0 Å². The molecule has 0 aromatic heterocycles. The highest BCUT2D eigenvalue weighted by Crippen LogP contribution is 2.19. The number of rotatable bonds is 3. The van der Waals surface area contributed by atoms with Gasteiger partial charge >= 0.3 is 0 Å². The first-order valence-electron chi connectivity index (χ1n) is 4.29. The molecule has 0 fully saturated rings. The Morgan fingerprint density at radius 3 is 2.36 bits per heavy atom. The summed E-state index contributed by atoms with van der Waals surface area (Å²) in [4.78, 5) is 0. The zero-order valence-corrected chi connectivity index (χ0v) is 9.01. The van der Waals surface area contributed by atoms with Crippen LogP contribution in [-0.2, 0) is 10.0 Å². The molecule has 0 spiro atoms. The Morgan fingerprint density at radius 2 is 1.86 bits per heavy atom. The van der Waals surface area contributed by atoms with Gasteiger partial charge in [-0.25, -0.2) is 8.42 Å². The molecule has 4 nitrogen and oxygen atoms in total. The van der Waals surface area contributed by atoms with Gasteiger partial charge in [0, 0.05) is 0 Å². The van der Waals surface area contributed by atoms with Crippen molar-refractivity contribution in [3.8, 4) is 0 Å². The molecule has 1 aromatic carbocycles. The SMILES string of the molecule is CC(C)S(=O)(=O)Nc1ccccc1N. The highest BCUT2D eigenvalue weighted by atomic mass is 32.2. The van der Waals surface area contributed by atoms with Gasteiger partial charge in [-0.2, -0.15) is 0 Å². The van der Waals surface area contributed by atoms with Crippen molar-refractivity contribution in [2.45, 2.75) is 19.1 Å². The second-order valence-electron chi connectivity index (χ2n) is 3.28.